The second-order valence-electron chi connectivity index (χ2n) is 8.60. The summed E-state index contributed by atoms with van der Waals surface area (Å²) < 4.78 is 21.1. The van der Waals surface area contributed by atoms with Crippen LogP contribution in [0.5, 0.6) is 5.75 Å². The molecule has 1 heterocycles. The van der Waals surface area contributed by atoms with Crippen molar-refractivity contribution in [2.24, 2.45) is 0 Å². The number of Topliss-reactive ketones (excluding diaryl/α,β-unsaturated/α-hetero) is 1. The molecule has 0 aromatic heterocycles. The molecule has 1 aromatic rings. The number of para-hydroxylation sites is 1. The van der Waals surface area contributed by atoms with Gasteiger partial charge in [-0.2, -0.15) is 0 Å². The van der Waals surface area contributed by atoms with E-state index in [1.54, 1.807) is 12.1 Å². The van der Waals surface area contributed by atoms with Gasteiger partial charge in [0.2, 0.25) is 12.2 Å². The van der Waals surface area contributed by atoms with E-state index in [9.17, 15) is 24.2 Å². The van der Waals surface area contributed by atoms with Crippen molar-refractivity contribution in [1.29, 1.82) is 0 Å². The third-order valence-corrected chi connectivity index (χ3v) is 5.74. The third kappa shape index (κ3) is 7.21. The third-order valence-electron chi connectivity index (χ3n) is 5.74. The Bertz CT molecular complexity index is 916. The second kappa shape index (κ2) is 11.9. The van der Waals surface area contributed by atoms with Gasteiger partial charge in [-0.05, 0) is 50.7 Å². The standard InChI is InChI=1S/C23H30BNO9/c1-14(26)11-12-20(27)25-19-13-16-7-6-10-18(21(16)34-24(19)30)22(28)31-15(2)32-23(29)33-17-8-4-3-5-9-17/h6-7,10,15,17,19,30H,3-5,8-9,11-13H2,1-2H3,(H,25,27)/t15?,19-/m0/s1. The van der Waals surface area contributed by atoms with E-state index in [0.29, 0.717) is 5.56 Å². The summed E-state index contributed by atoms with van der Waals surface area (Å²) in [5.41, 5.74) is 0.635. The highest BCUT2D eigenvalue weighted by atomic mass is 16.8. The molecule has 1 aliphatic carbocycles. The highest BCUT2D eigenvalue weighted by Gasteiger charge is 2.38. The Morgan fingerprint density at radius 3 is 2.59 bits per heavy atom. The second-order valence-corrected chi connectivity index (χ2v) is 8.60. The number of ether oxygens (including phenoxy) is 3. The minimum atomic E-state index is -1.40. The Hall–Kier alpha value is -3.08. The topological polar surface area (TPSA) is 137 Å². The average Bonchev–Trinajstić information content (AvgIpc) is 2.78. The lowest BCUT2D eigenvalue weighted by Crippen LogP contribution is -2.53. The SMILES string of the molecule is CC(=O)CCC(=O)N[C@H]1Cc2cccc(C(=O)OC(C)OC(=O)OC3CCCCC3)c2OB1O. The molecule has 1 aromatic carbocycles. The molecule has 34 heavy (non-hydrogen) atoms. The highest BCUT2D eigenvalue weighted by Crippen LogP contribution is 2.31. The first-order valence-corrected chi connectivity index (χ1v) is 11.6. The van der Waals surface area contributed by atoms with Crippen LogP contribution in [-0.2, 0) is 30.2 Å². The van der Waals surface area contributed by atoms with Gasteiger partial charge in [0.1, 0.15) is 23.2 Å². The molecular formula is C23H30BNO9. The molecule has 1 saturated carbocycles. The maximum atomic E-state index is 12.7. The molecule has 0 saturated heterocycles. The molecule has 2 atom stereocenters. The molecule has 2 aliphatic rings. The van der Waals surface area contributed by atoms with Crippen LogP contribution < -0.4 is 9.97 Å². The number of carbonyl (C=O) groups is 4. The molecule has 1 amide bonds. The van der Waals surface area contributed by atoms with E-state index in [0.717, 1.165) is 32.1 Å². The lowest BCUT2D eigenvalue weighted by Gasteiger charge is -2.29. The van der Waals surface area contributed by atoms with E-state index >= 15 is 0 Å². The van der Waals surface area contributed by atoms with Gasteiger partial charge in [-0.1, -0.05) is 18.6 Å². The van der Waals surface area contributed by atoms with Gasteiger partial charge in [-0.15, -0.1) is 0 Å². The van der Waals surface area contributed by atoms with Crippen LogP contribution in [0.3, 0.4) is 0 Å². The number of hydrogen-bond acceptors (Lipinski definition) is 9. The summed E-state index contributed by atoms with van der Waals surface area (Å²) >= 11 is 0. The number of nitrogens with one attached hydrogen (secondary N) is 1. The molecule has 184 valence electrons. The van der Waals surface area contributed by atoms with Gasteiger partial charge in [-0.3, -0.25) is 4.79 Å². The molecule has 1 aliphatic heterocycles. The van der Waals surface area contributed by atoms with Crippen LogP contribution in [0.1, 0.15) is 74.7 Å². The van der Waals surface area contributed by atoms with Gasteiger partial charge in [0.15, 0.2) is 0 Å². The Morgan fingerprint density at radius 2 is 1.88 bits per heavy atom. The zero-order valence-electron chi connectivity index (χ0n) is 19.4. The number of esters is 1. The molecule has 0 spiro atoms. The molecule has 10 nitrogen and oxygen atoms in total. The Morgan fingerprint density at radius 1 is 1.15 bits per heavy atom. The van der Waals surface area contributed by atoms with Crippen LogP contribution in [0.25, 0.3) is 0 Å². The van der Waals surface area contributed by atoms with Crippen molar-refractivity contribution in [1.82, 2.24) is 5.32 Å². The molecule has 2 N–H and O–H groups in total. The van der Waals surface area contributed by atoms with Crippen LogP contribution in [0.15, 0.2) is 18.2 Å². The van der Waals surface area contributed by atoms with Crippen LogP contribution in [0.4, 0.5) is 4.79 Å². The number of benzene rings is 1. The summed E-state index contributed by atoms with van der Waals surface area (Å²) in [6, 6.07) is 4.79. The number of fused-ring (bicyclic) bond motifs is 1. The van der Waals surface area contributed by atoms with E-state index in [-0.39, 0.29) is 48.4 Å². The van der Waals surface area contributed by atoms with E-state index in [4.69, 9.17) is 18.9 Å². The summed E-state index contributed by atoms with van der Waals surface area (Å²) in [5.74, 6) is -1.90. The Labute approximate surface area is 198 Å². The maximum absolute atomic E-state index is 12.7. The summed E-state index contributed by atoms with van der Waals surface area (Å²) in [5, 5.41) is 13.0. The predicted molar refractivity (Wildman–Crippen MR) is 120 cm³/mol. The van der Waals surface area contributed by atoms with Crippen molar-refractivity contribution < 1.29 is 43.1 Å². The number of carbonyl (C=O) groups excluding carboxylic acids is 4. The zero-order valence-corrected chi connectivity index (χ0v) is 19.4. The zero-order chi connectivity index (χ0) is 24.7. The molecule has 1 unspecified atom stereocenters. The largest absolute Gasteiger partial charge is 0.547 e. The van der Waals surface area contributed by atoms with E-state index in [1.807, 2.05) is 0 Å². The number of amides is 1. The molecule has 3 rings (SSSR count). The fourth-order valence-electron chi connectivity index (χ4n) is 4.00. The fraction of sp³-hybridized carbons (Fsp3) is 0.565. The van der Waals surface area contributed by atoms with Crippen molar-refractivity contribution in [2.45, 2.75) is 83.5 Å². The first-order chi connectivity index (χ1) is 16.2. The Balaban J connectivity index is 1.56. The minimum Gasteiger partial charge on any atom is -0.534 e. The summed E-state index contributed by atoms with van der Waals surface area (Å²) in [7, 11) is -1.40. The molecule has 1 fully saturated rings. The van der Waals surface area contributed by atoms with Crippen LogP contribution >= 0.6 is 0 Å². The lowest BCUT2D eigenvalue weighted by atomic mass is 9.72. The number of ketones is 1. The first kappa shape index (κ1) is 25.5. The molecule has 0 radical (unpaired) electrons. The molecular weight excluding hydrogens is 445 g/mol. The molecule has 11 heteroatoms. The molecule has 0 bridgehead atoms. The van der Waals surface area contributed by atoms with Gasteiger partial charge < -0.3 is 34.0 Å². The van der Waals surface area contributed by atoms with Gasteiger partial charge in [-0.25, -0.2) is 9.59 Å². The van der Waals surface area contributed by atoms with Crippen molar-refractivity contribution in [3.05, 3.63) is 29.3 Å². The van der Waals surface area contributed by atoms with E-state index in [2.05, 4.69) is 5.32 Å². The van der Waals surface area contributed by atoms with E-state index < -0.39 is 31.5 Å². The van der Waals surface area contributed by atoms with Crippen LogP contribution in [0.2, 0.25) is 0 Å². The van der Waals surface area contributed by atoms with Gasteiger partial charge in [0.05, 0.1) is 5.94 Å². The van der Waals surface area contributed by atoms with Crippen molar-refractivity contribution >= 4 is 30.9 Å². The van der Waals surface area contributed by atoms with Crippen molar-refractivity contribution in [3.8, 4) is 5.75 Å². The average molecular weight is 475 g/mol. The van der Waals surface area contributed by atoms with E-state index in [1.165, 1.54) is 19.9 Å². The number of hydrogen-bond donors (Lipinski definition) is 2. The maximum Gasteiger partial charge on any atom is 0.547 e. The quantitative estimate of drug-likeness (QED) is 0.330. The fourth-order valence-corrected chi connectivity index (χ4v) is 4.00. The van der Waals surface area contributed by atoms with Gasteiger partial charge in [0.25, 0.3) is 0 Å². The summed E-state index contributed by atoms with van der Waals surface area (Å²) in [6.07, 6.45) is 2.75. The van der Waals surface area contributed by atoms with Gasteiger partial charge in [0, 0.05) is 19.8 Å². The predicted octanol–water partition coefficient (Wildman–Crippen LogP) is 2.48. The monoisotopic (exact) mass is 475 g/mol. The van der Waals surface area contributed by atoms with Crippen molar-refractivity contribution in [2.75, 3.05) is 0 Å². The van der Waals surface area contributed by atoms with Crippen LogP contribution in [0, 0.1) is 0 Å². The smallest absolute Gasteiger partial charge is 0.534 e. The normalized spacial score (nSPS) is 18.7. The summed E-state index contributed by atoms with van der Waals surface area (Å²) in [4.78, 5) is 47.8. The highest BCUT2D eigenvalue weighted by molar-refractivity contribution is 6.47. The number of rotatable bonds is 8. The summed E-state index contributed by atoms with van der Waals surface area (Å²) in [6.45, 7) is 2.80. The van der Waals surface area contributed by atoms with Crippen molar-refractivity contribution in [3.63, 3.8) is 0 Å². The van der Waals surface area contributed by atoms with Crippen LogP contribution in [-0.4, -0.2) is 54.3 Å². The first-order valence-electron chi connectivity index (χ1n) is 11.6. The Kier molecular flexibility index (Phi) is 8.92. The van der Waals surface area contributed by atoms with Gasteiger partial charge >= 0.3 is 19.2 Å². The minimum absolute atomic E-state index is 0.0127. The lowest BCUT2D eigenvalue weighted by molar-refractivity contribution is -0.124.